The highest BCUT2D eigenvalue weighted by atomic mass is 127. The largest absolute Gasteiger partial charge is 0.295 e. The maximum atomic E-state index is 11.7. The molecular weight excluding hydrogens is 379 g/mol. The van der Waals surface area contributed by atoms with Crippen LogP contribution in [-0.4, -0.2) is 31.1 Å². The Hall–Kier alpha value is -0.410. The van der Waals surface area contributed by atoms with Crippen molar-refractivity contribution in [2.45, 2.75) is 11.7 Å². The van der Waals surface area contributed by atoms with Crippen molar-refractivity contribution in [2.24, 2.45) is 0 Å². The summed E-state index contributed by atoms with van der Waals surface area (Å²) in [4.78, 5) is 17.2. The van der Waals surface area contributed by atoms with Gasteiger partial charge in [-0.15, -0.1) is 0 Å². The van der Waals surface area contributed by atoms with Gasteiger partial charge in [0.05, 0.1) is 3.57 Å². The Kier molecular flexibility index (Phi) is 3.60. The van der Waals surface area contributed by atoms with Gasteiger partial charge in [0.25, 0.3) is 0 Å². The van der Waals surface area contributed by atoms with E-state index in [1.807, 2.05) is 22.6 Å². The lowest BCUT2D eigenvalue weighted by Gasteiger charge is -2.16. The Balaban J connectivity index is 2.31. The molecule has 2 heterocycles. The zero-order valence-electron chi connectivity index (χ0n) is 8.51. The van der Waals surface area contributed by atoms with Gasteiger partial charge in [0.15, 0.2) is 0 Å². The Morgan fingerprint density at radius 1 is 1.53 bits per heavy atom. The monoisotopic (exact) mass is 386 g/mol. The third-order valence-electron chi connectivity index (χ3n) is 2.48. The van der Waals surface area contributed by atoms with Crippen molar-refractivity contribution in [2.75, 3.05) is 11.4 Å². The van der Waals surface area contributed by atoms with E-state index in [0.29, 0.717) is 5.82 Å². The van der Waals surface area contributed by atoms with Crippen LogP contribution in [0.25, 0.3) is 0 Å². The molecule has 5 nitrogen and oxygen atoms in total. The van der Waals surface area contributed by atoms with Gasteiger partial charge in [-0.3, -0.25) is 9.69 Å². The molecule has 1 aliphatic rings. The van der Waals surface area contributed by atoms with Crippen molar-refractivity contribution >= 4 is 54.0 Å². The van der Waals surface area contributed by atoms with E-state index in [1.165, 1.54) is 4.90 Å². The van der Waals surface area contributed by atoms with Gasteiger partial charge in [0.2, 0.25) is 15.0 Å². The molecule has 8 heteroatoms. The number of hydrogen-bond acceptors (Lipinski definition) is 4. The van der Waals surface area contributed by atoms with Gasteiger partial charge in [-0.25, -0.2) is 13.4 Å². The highest BCUT2D eigenvalue weighted by Crippen LogP contribution is 2.28. The van der Waals surface area contributed by atoms with E-state index in [0.717, 1.165) is 3.57 Å². The van der Waals surface area contributed by atoms with Crippen molar-refractivity contribution < 1.29 is 13.2 Å². The number of amides is 1. The zero-order valence-corrected chi connectivity index (χ0v) is 12.2. The maximum Gasteiger partial charge on any atom is 0.237 e. The molecule has 1 aromatic rings. The van der Waals surface area contributed by atoms with E-state index < -0.39 is 14.3 Å². The lowest BCUT2D eigenvalue weighted by Crippen LogP contribution is -2.28. The molecule has 92 valence electrons. The van der Waals surface area contributed by atoms with E-state index in [1.54, 1.807) is 18.3 Å². The van der Waals surface area contributed by atoms with Crippen molar-refractivity contribution in [3.63, 3.8) is 0 Å². The minimum Gasteiger partial charge on any atom is -0.295 e. The molecule has 0 saturated carbocycles. The Bertz CT molecular complexity index is 563. The van der Waals surface area contributed by atoms with Crippen LogP contribution < -0.4 is 4.90 Å². The van der Waals surface area contributed by atoms with Crippen LogP contribution in [0.3, 0.4) is 0 Å². The fraction of sp³-hybridized carbons (Fsp3) is 0.333. The number of aromatic nitrogens is 1. The second-order valence-corrected chi connectivity index (χ2v) is 7.69. The van der Waals surface area contributed by atoms with Crippen LogP contribution in [0, 0.1) is 3.57 Å². The van der Waals surface area contributed by atoms with E-state index in [2.05, 4.69) is 4.98 Å². The van der Waals surface area contributed by atoms with Crippen LogP contribution in [0.4, 0.5) is 5.82 Å². The van der Waals surface area contributed by atoms with Crippen molar-refractivity contribution in [1.29, 1.82) is 0 Å². The summed E-state index contributed by atoms with van der Waals surface area (Å²) in [5.41, 5.74) is 0. The first kappa shape index (κ1) is 13.0. The predicted molar refractivity (Wildman–Crippen MR) is 72.5 cm³/mol. The minimum atomic E-state index is -3.71. The van der Waals surface area contributed by atoms with Gasteiger partial charge in [-0.2, -0.15) is 0 Å². The second-order valence-electron chi connectivity index (χ2n) is 3.61. The molecule has 0 radical (unpaired) electrons. The van der Waals surface area contributed by atoms with Gasteiger partial charge < -0.3 is 0 Å². The molecule has 1 fully saturated rings. The summed E-state index contributed by atoms with van der Waals surface area (Å²) in [5, 5.41) is -0.852. The van der Waals surface area contributed by atoms with Crippen molar-refractivity contribution in [1.82, 2.24) is 4.98 Å². The first-order chi connectivity index (χ1) is 7.89. The number of carbonyl (C=O) groups is 1. The van der Waals surface area contributed by atoms with Crippen molar-refractivity contribution in [3.8, 4) is 0 Å². The highest BCUT2D eigenvalue weighted by Gasteiger charge is 2.39. The summed E-state index contributed by atoms with van der Waals surface area (Å²) >= 11 is 2.05. The van der Waals surface area contributed by atoms with E-state index >= 15 is 0 Å². The molecule has 0 aliphatic carbocycles. The van der Waals surface area contributed by atoms with Crippen molar-refractivity contribution in [3.05, 3.63) is 21.9 Å². The molecule has 17 heavy (non-hydrogen) atoms. The van der Waals surface area contributed by atoms with E-state index in [4.69, 9.17) is 10.7 Å². The average Bonchev–Trinajstić information content (AvgIpc) is 2.61. The fourth-order valence-electron chi connectivity index (χ4n) is 1.64. The summed E-state index contributed by atoms with van der Waals surface area (Å²) in [7, 11) is 1.56. The topological polar surface area (TPSA) is 67.3 Å². The SMILES string of the molecule is O=C1CC(S(=O)(=O)Cl)CN1c1ncccc1I. The Labute approximate surface area is 117 Å². The van der Waals surface area contributed by atoms with Gasteiger partial charge >= 0.3 is 0 Å². The third-order valence-corrected chi connectivity index (χ3v) is 5.19. The molecule has 1 unspecified atom stereocenters. The molecule has 1 saturated heterocycles. The third kappa shape index (κ3) is 2.71. The standard InChI is InChI=1S/C9H8ClIN2O3S/c10-17(15,16)6-4-8(14)13(5-6)9-7(11)2-1-3-12-9/h1-3,6H,4-5H2. The fourth-order valence-corrected chi connectivity index (χ4v) is 3.31. The number of pyridine rings is 1. The summed E-state index contributed by atoms with van der Waals surface area (Å²) in [6.45, 7) is 0.0671. The molecule has 2 rings (SSSR count). The lowest BCUT2D eigenvalue weighted by atomic mass is 10.4. The van der Waals surface area contributed by atoms with Crippen LogP contribution in [0.1, 0.15) is 6.42 Å². The summed E-state index contributed by atoms with van der Waals surface area (Å²) in [6, 6.07) is 3.56. The number of nitrogens with zero attached hydrogens (tertiary/aromatic N) is 2. The molecule has 0 N–H and O–H groups in total. The van der Waals surface area contributed by atoms with Crippen LogP contribution in [0.15, 0.2) is 18.3 Å². The van der Waals surface area contributed by atoms with Gasteiger partial charge in [-0.05, 0) is 34.7 Å². The number of anilines is 1. The zero-order chi connectivity index (χ0) is 12.6. The minimum absolute atomic E-state index is 0.0671. The quantitative estimate of drug-likeness (QED) is 0.569. The Morgan fingerprint density at radius 2 is 2.24 bits per heavy atom. The number of rotatable bonds is 2. The van der Waals surface area contributed by atoms with Gasteiger partial charge in [0.1, 0.15) is 11.1 Å². The summed E-state index contributed by atoms with van der Waals surface area (Å²) in [5.74, 6) is 0.219. The first-order valence-corrected chi connectivity index (χ1v) is 8.19. The van der Waals surface area contributed by atoms with Crippen LogP contribution in [-0.2, 0) is 13.8 Å². The molecule has 1 aromatic heterocycles. The van der Waals surface area contributed by atoms with Gasteiger partial charge in [0, 0.05) is 29.8 Å². The average molecular weight is 387 g/mol. The summed E-state index contributed by atoms with van der Waals surface area (Å²) < 4.78 is 23.2. The van der Waals surface area contributed by atoms with Crippen LogP contribution in [0.5, 0.6) is 0 Å². The number of hydrogen-bond donors (Lipinski definition) is 0. The normalized spacial score (nSPS) is 20.9. The first-order valence-electron chi connectivity index (χ1n) is 4.74. The van der Waals surface area contributed by atoms with Crippen LogP contribution in [0.2, 0.25) is 0 Å². The molecule has 1 atom stereocenters. The van der Waals surface area contributed by atoms with Gasteiger partial charge in [-0.1, -0.05) is 0 Å². The molecule has 0 aromatic carbocycles. The molecule has 0 spiro atoms. The van der Waals surface area contributed by atoms with Crippen LogP contribution >= 0.6 is 33.3 Å². The molecule has 1 amide bonds. The summed E-state index contributed by atoms with van der Waals surface area (Å²) in [6.07, 6.45) is 1.48. The second kappa shape index (κ2) is 4.69. The smallest absolute Gasteiger partial charge is 0.237 e. The Morgan fingerprint density at radius 3 is 2.76 bits per heavy atom. The molecular formula is C9H8ClIN2O3S. The predicted octanol–water partition coefficient (Wildman–Crippen LogP) is 1.36. The number of carbonyl (C=O) groups excluding carboxylic acids is 1. The van der Waals surface area contributed by atoms with E-state index in [9.17, 15) is 13.2 Å². The maximum absolute atomic E-state index is 11.7. The highest BCUT2D eigenvalue weighted by molar-refractivity contribution is 14.1. The van der Waals surface area contributed by atoms with E-state index in [-0.39, 0.29) is 18.9 Å². The number of halogens is 2. The molecule has 1 aliphatic heterocycles. The lowest BCUT2D eigenvalue weighted by molar-refractivity contribution is -0.117. The molecule has 0 bridgehead atoms.